The summed E-state index contributed by atoms with van der Waals surface area (Å²) in [6.45, 7) is 5.00. The maximum absolute atomic E-state index is 12.6. The molecule has 0 radical (unpaired) electrons. The predicted octanol–water partition coefficient (Wildman–Crippen LogP) is 2.19. The summed E-state index contributed by atoms with van der Waals surface area (Å²) in [7, 11) is 0. The SMILES string of the molecule is CCC[C@H](Cc1ccccc1)NC(=O)N1C[C@@H](CO)O[C@H](C)C1. The van der Waals surface area contributed by atoms with Crippen molar-refractivity contribution in [2.45, 2.75) is 51.4 Å². The Kier molecular flexibility index (Phi) is 6.86. The Bertz CT molecular complexity index is 480. The van der Waals surface area contributed by atoms with E-state index in [1.165, 1.54) is 5.56 Å². The highest BCUT2D eigenvalue weighted by molar-refractivity contribution is 5.74. The van der Waals surface area contributed by atoms with Crippen LogP contribution in [0.2, 0.25) is 0 Å². The average molecular weight is 320 g/mol. The molecule has 0 saturated carbocycles. The zero-order valence-electron chi connectivity index (χ0n) is 14.1. The van der Waals surface area contributed by atoms with Gasteiger partial charge >= 0.3 is 6.03 Å². The van der Waals surface area contributed by atoms with Crippen LogP contribution in [0.4, 0.5) is 4.79 Å². The molecule has 0 spiro atoms. The fourth-order valence-electron chi connectivity index (χ4n) is 3.05. The number of carbonyl (C=O) groups is 1. The first-order valence-electron chi connectivity index (χ1n) is 8.48. The Balaban J connectivity index is 1.94. The molecule has 0 unspecified atom stereocenters. The van der Waals surface area contributed by atoms with Crippen molar-refractivity contribution in [2.75, 3.05) is 19.7 Å². The quantitative estimate of drug-likeness (QED) is 0.844. The molecule has 0 aromatic heterocycles. The Morgan fingerprint density at radius 3 is 2.78 bits per heavy atom. The standard InChI is InChI=1S/C18H28N2O3/c1-3-7-16(10-15-8-5-4-6-9-15)19-18(22)20-11-14(2)23-17(12-20)13-21/h4-6,8-9,14,16-17,21H,3,7,10-13H2,1-2H3,(H,19,22)/t14-,16-,17+/m1/s1. The van der Waals surface area contributed by atoms with Crippen LogP contribution in [0.3, 0.4) is 0 Å². The fourth-order valence-corrected chi connectivity index (χ4v) is 3.05. The van der Waals surface area contributed by atoms with Gasteiger partial charge in [-0.2, -0.15) is 0 Å². The summed E-state index contributed by atoms with van der Waals surface area (Å²) < 4.78 is 5.59. The summed E-state index contributed by atoms with van der Waals surface area (Å²) in [6, 6.07) is 10.3. The van der Waals surface area contributed by atoms with Gasteiger partial charge in [0.1, 0.15) is 0 Å². The maximum Gasteiger partial charge on any atom is 0.317 e. The Morgan fingerprint density at radius 1 is 1.39 bits per heavy atom. The van der Waals surface area contributed by atoms with Gasteiger partial charge in [-0.15, -0.1) is 0 Å². The molecule has 3 atom stereocenters. The monoisotopic (exact) mass is 320 g/mol. The van der Waals surface area contributed by atoms with Gasteiger partial charge in [0.2, 0.25) is 0 Å². The van der Waals surface area contributed by atoms with Crippen molar-refractivity contribution in [3.63, 3.8) is 0 Å². The molecule has 5 heteroatoms. The number of aliphatic hydroxyl groups excluding tert-OH is 1. The minimum atomic E-state index is -0.289. The van der Waals surface area contributed by atoms with E-state index in [-0.39, 0.29) is 30.9 Å². The molecule has 2 N–H and O–H groups in total. The lowest BCUT2D eigenvalue weighted by Crippen LogP contribution is -2.55. The molecular formula is C18H28N2O3. The number of aliphatic hydroxyl groups is 1. The van der Waals surface area contributed by atoms with Crippen LogP contribution in [-0.2, 0) is 11.2 Å². The Labute approximate surface area is 138 Å². The number of urea groups is 1. The molecule has 0 bridgehead atoms. The third-order valence-electron chi connectivity index (χ3n) is 4.11. The first kappa shape index (κ1) is 17.8. The summed E-state index contributed by atoms with van der Waals surface area (Å²) in [5.74, 6) is 0. The van der Waals surface area contributed by atoms with Crippen molar-refractivity contribution < 1.29 is 14.6 Å². The van der Waals surface area contributed by atoms with E-state index in [2.05, 4.69) is 24.4 Å². The topological polar surface area (TPSA) is 61.8 Å². The number of hydrogen-bond acceptors (Lipinski definition) is 3. The second kappa shape index (κ2) is 8.89. The highest BCUT2D eigenvalue weighted by atomic mass is 16.5. The summed E-state index contributed by atoms with van der Waals surface area (Å²) in [4.78, 5) is 14.3. The number of rotatable bonds is 6. The molecule has 1 aliphatic heterocycles. The van der Waals surface area contributed by atoms with E-state index < -0.39 is 0 Å². The van der Waals surface area contributed by atoms with Crippen LogP contribution in [0.1, 0.15) is 32.3 Å². The molecule has 23 heavy (non-hydrogen) atoms. The largest absolute Gasteiger partial charge is 0.394 e. The number of morpholine rings is 1. The Morgan fingerprint density at radius 2 is 2.13 bits per heavy atom. The summed E-state index contributed by atoms with van der Waals surface area (Å²) >= 11 is 0. The smallest absolute Gasteiger partial charge is 0.317 e. The lowest BCUT2D eigenvalue weighted by molar-refractivity contribution is -0.0835. The summed E-state index contributed by atoms with van der Waals surface area (Å²) in [5, 5.41) is 12.4. The van der Waals surface area contributed by atoms with Gasteiger partial charge in [-0.25, -0.2) is 4.79 Å². The second-order valence-electron chi connectivity index (χ2n) is 6.28. The van der Waals surface area contributed by atoms with E-state index in [1.54, 1.807) is 4.90 Å². The minimum absolute atomic E-state index is 0.0506. The zero-order chi connectivity index (χ0) is 16.7. The lowest BCUT2D eigenvalue weighted by Gasteiger charge is -2.36. The number of nitrogens with one attached hydrogen (secondary N) is 1. The van der Waals surface area contributed by atoms with Crippen LogP contribution in [0.25, 0.3) is 0 Å². The molecule has 1 aliphatic rings. The summed E-state index contributed by atoms with van der Waals surface area (Å²) in [6.07, 6.45) is 2.47. The molecule has 2 amide bonds. The molecule has 1 fully saturated rings. The molecule has 1 heterocycles. The molecular weight excluding hydrogens is 292 g/mol. The van der Waals surface area contributed by atoms with Crippen LogP contribution in [0.5, 0.6) is 0 Å². The number of hydrogen-bond donors (Lipinski definition) is 2. The number of carbonyl (C=O) groups excluding carboxylic acids is 1. The van der Waals surface area contributed by atoms with E-state index in [1.807, 2.05) is 25.1 Å². The van der Waals surface area contributed by atoms with Crippen LogP contribution >= 0.6 is 0 Å². The van der Waals surface area contributed by atoms with Crippen LogP contribution in [0.15, 0.2) is 30.3 Å². The Hall–Kier alpha value is -1.59. The molecule has 1 aromatic carbocycles. The number of nitrogens with zero attached hydrogens (tertiary/aromatic N) is 1. The van der Waals surface area contributed by atoms with Crippen molar-refractivity contribution in [3.05, 3.63) is 35.9 Å². The maximum atomic E-state index is 12.6. The zero-order valence-corrected chi connectivity index (χ0v) is 14.1. The van der Waals surface area contributed by atoms with E-state index in [0.29, 0.717) is 13.1 Å². The number of amides is 2. The van der Waals surface area contributed by atoms with Gasteiger partial charge in [-0.3, -0.25) is 0 Å². The van der Waals surface area contributed by atoms with Crippen molar-refractivity contribution in [1.29, 1.82) is 0 Å². The van der Waals surface area contributed by atoms with Gasteiger partial charge in [0.05, 0.1) is 25.4 Å². The van der Waals surface area contributed by atoms with Crippen LogP contribution in [0, 0.1) is 0 Å². The molecule has 128 valence electrons. The minimum Gasteiger partial charge on any atom is -0.394 e. The molecule has 1 aromatic rings. The highest BCUT2D eigenvalue weighted by Gasteiger charge is 2.28. The van der Waals surface area contributed by atoms with Crippen LogP contribution < -0.4 is 5.32 Å². The number of benzene rings is 1. The normalized spacial score (nSPS) is 22.7. The van der Waals surface area contributed by atoms with Crippen molar-refractivity contribution in [3.8, 4) is 0 Å². The van der Waals surface area contributed by atoms with Crippen molar-refractivity contribution >= 4 is 6.03 Å². The van der Waals surface area contributed by atoms with Crippen molar-refractivity contribution in [1.82, 2.24) is 10.2 Å². The third-order valence-corrected chi connectivity index (χ3v) is 4.11. The molecule has 5 nitrogen and oxygen atoms in total. The van der Waals surface area contributed by atoms with Gasteiger partial charge in [0.15, 0.2) is 0 Å². The van der Waals surface area contributed by atoms with E-state index >= 15 is 0 Å². The third kappa shape index (κ3) is 5.52. The summed E-state index contributed by atoms with van der Waals surface area (Å²) in [5.41, 5.74) is 1.23. The average Bonchev–Trinajstić information content (AvgIpc) is 2.55. The number of ether oxygens (including phenoxy) is 1. The van der Waals surface area contributed by atoms with Gasteiger partial charge in [-0.05, 0) is 25.3 Å². The van der Waals surface area contributed by atoms with E-state index in [0.717, 1.165) is 19.3 Å². The van der Waals surface area contributed by atoms with Gasteiger partial charge < -0.3 is 20.1 Å². The second-order valence-corrected chi connectivity index (χ2v) is 6.28. The van der Waals surface area contributed by atoms with Gasteiger partial charge in [0, 0.05) is 12.6 Å². The van der Waals surface area contributed by atoms with Crippen molar-refractivity contribution in [2.24, 2.45) is 0 Å². The first-order valence-corrected chi connectivity index (χ1v) is 8.48. The fraction of sp³-hybridized carbons (Fsp3) is 0.611. The molecule has 1 saturated heterocycles. The molecule has 2 rings (SSSR count). The predicted molar refractivity (Wildman–Crippen MR) is 90.4 cm³/mol. The van der Waals surface area contributed by atoms with Gasteiger partial charge in [-0.1, -0.05) is 43.7 Å². The highest BCUT2D eigenvalue weighted by Crippen LogP contribution is 2.13. The van der Waals surface area contributed by atoms with Gasteiger partial charge in [0.25, 0.3) is 0 Å². The van der Waals surface area contributed by atoms with E-state index in [9.17, 15) is 9.90 Å². The molecule has 0 aliphatic carbocycles. The first-order chi connectivity index (χ1) is 11.1. The van der Waals surface area contributed by atoms with Crippen LogP contribution in [-0.4, -0.2) is 54.0 Å². The lowest BCUT2D eigenvalue weighted by atomic mass is 10.0. The van der Waals surface area contributed by atoms with E-state index in [4.69, 9.17) is 4.74 Å².